The van der Waals surface area contributed by atoms with Crippen molar-refractivity contribution in [3.63, 3.8) is 0 Å². The van der Waals surface area contributed by atoms with E-state index in [4.69, 9.17) is 14.1 Å². The van der Waals surface area contributed by atoms with Crippen molar-refractivity contribution in [2.45, 2.75) is 26.3 Å². The zero-order chi connectivity index (χ0) is 18.8. The molecule has 27 heavy (non-hydrogen) atoms. The third kappa shape index (κ3) is 3.57. The number of methoxy groups -OCH3 is 1. The molecular weight excluding hydrogens is 340 g/mol. The Morgan fingerprint density at radius 1 is 1.22 bits per heavy atom. The molecule has 5 nitrogen and oxygen atoms in total. The van der Waals surface area contributed by atoms with E-state index in [0.29, 0.717) is 11.8 Å². The summed E-state index contributed by atoms with van der Waals surface area (Å²) in [7, 11) is 1.69. The molecule has 1 saturated heterocycles. The van der Waals surface area contributed by atoms with Gasteiger partial charge in [-0.05, 0) is 49.7 Å². The zero-order valence-electron chi connectivity index (χ0n) is 15.9. The molecule has 0 bridgehead atoms. The minimum absolute atomic E-state index is 0.261. The van der Waals surface area contributed by atoms with E-state index in [0.717, 1.165) is 66.0 Å². The van der Waals surface area contributed by atoms with E-state index in [1.54, 1.807) is 7.11 Å². The molecule has 1 N–H and O–H groups in total. The first-order chi connectivity index (χ1) is 13.2. The first kappa shape index (κ1) is 18.0. The highest BCUT2D eigenvalue weighted by molar-refractivity contribution is 5.98. The predicted molar refractivity (Wildman–Crippen MR) is 106 cm³/mol. The van der Waals surface area contributed by atoms with Gasteiger partial charge in [-0.2, -0.15) is 0 Å². The Balaban J connectivity index is 1.65. The average molecular weight is 366 g/mol. The quantitative estimate of drug-likeness (QED) is 0.739. The molecule has 1 aromatic heterocycles. The second-order valence-corrected chi connectivity index (χ2v) is 7.31. The summed E-state index contributed by atoms with van der Waals surface area (Å²) < 4.78 is 11.5. The van der Waals surface area contributed by atoms with Gasteiger partial charge in [-0.3, -0.25) is 4.90 Å². The van der Waals surface area contributed by atoms with E-state index >= 15 is 0 Å². The molecule has 1 fully saturated rings. The molecule has 2 aromatic carbocycles. The molecule has 1 atom stereocenters. The molecule has 2 heterocycles. The SMILES string of the molecule is COc1ccc(-c2nc(CN3CCCC(CO)C3)c(C)o2)c2ccccc12. The average Bonchev–Trinajstić information content (AvgIpc) is 3.07. The highest BCUT2D eigenvalue weighted by Crippen LogP contribution is 2.35. The fraction of sp³-hybridized carbons (Fsp3) is 0.409. The maximum Gasteiger partial charge on any atom is 0.227 e. The van der Waals surface area contributed by atoms with Crippen LogP contribution in [0.3, 0.4) is 0 Å². The molecule has 1 aliphatic heterocycles. The summed E-state index contributed by atoms with van der Waals surface area (Å²) in [5.74, 6) is 2.73. The number of likely N-dealkylation sites (tertiary alicyclic amines) is 1. The van der Waals surface area contributed by atoms with Crippen molar-refractivity contribution in [1.82, 2.24) is 9.88 Å². The number of ether oxygens (including phenoxy) is 1. The number of hydrogen-bond acceptors (Lipinski definition) is 5. The van der Waals surface area contributed by atoms with Crippen LogP contribution in [0.1, 0.15) is 24.3 Å². The fourth-order valence-electron chi connectivity index (χ4n) is 3.98. The summed E-state index contributed by atoms with van der Waals surface area (Å²) in [6, 6.07) is 12.1. The Labute approximate surface area is 159 Å². The highest BCUT2D eigenvalue weighted by atomic mass is 16.5. The van der Waals surface area contributed by atoms with E-state index in [1.165, 1.54) is 0 Å². The molecule has 0 amide bonds. The number of aryl methyl sites for hydroxylation is 1. The van der Waals surface area contributed by atoms with Gasteiger partial charge in [-0.25, -0.2) is 4.98 Å². The van der Waals surface area contributed by atoms with Gasteiger partial charge in [0.2, 0.25) is 5.89 Å². The van der Waals surface area contributed by atoms with Crippen LogP contribution in [-0.2, 0) is 6.54 Å². The second kappa shape index (κ2) is 7.71. The smallest absolute Gasteiger partial charge is 0.227 e. The summed E-state index contributed by atoms with van der Waals surface area (Å²) in [5, 5.41) is 11.6. The molecule has 0 saturated carbocycles. The molecule has 4 rings (SSSR count). The van der Waals surface area contributed by atoms with Crippen LogP contribution < -0.4 is 4.74 Å². The van der Waals surface area contributed by atoms with Crippen molar-refractivity contribution >= 4 is 10.8 Å². The number of nitrogens with zero attached hydrogens (tertiary/aromatic N) is 2. The van der Waals surface area contributed by atoms with Crippen LogP contribution in [0.5, 0.6) is 5.75 Å². The molecule has 1 aliphatic rings. The first-order valence-corrected chi connectivity index (χ1v) is 9.55. The largest absolute Gasteiger partial charge is 0.496 e. The number of piperidine rings is 1. The van der Waals surface area contributed by atoms with E-state index in [1.807, 2.05) is 31.2 Å². The van der Waals surface area contributed by atoms with Crippen LogP contribution >= 0.6 is 0 Å². The topological polar surface area (TPSA) is 58.7 Å². The van der Waals surface area contributed by atoms with E-state index < -0.39 is 0 Å². The Morgan fingerprint density at radius 3 is 2.81 bits per heavy atom. The molecule has 1 unspecified atom stereocenters. The van der Waals surface area contributed by atoms with Gasteiger partial charge in [-0.15, -0.1) is 0 Å². The first-order valence-electron chi connectivity index (χ1n) is 9.55. The minimum atomic E-state index is 0.261. The molecule has 142 valence electrons. The van der Waals surface area contributed by atoms with Crippen molar-refractivity contribution in [2.24, 2.45) is 5.92 Å². The Hall–Kier alpha value is -2.37. The standard InChI is InChI=1S/C22H26N2O3/c1-15-20(13-24-11-5-6-16(12-24)14-25)23-22(27-15)19-9-10-21(26-2)18-8-4-3-7-17(18)19/h3-4,7-10,16,25H,5-6,11-14H2,1-2H3. The minimum Gasteiger partial charge on any atom is -0.496 e. The Kier molecular flexibility index (Phi) is 5.14. The third-order valence-electron chi connectivity index (χ3n) is 5.46. The third-order valence-corrected chi connectivity index (χ3v) is 5.46. The monoisotopic (exact) mass is 366 g/mol. The lowest BCUT2D eigenvalue weighted by Gasteiger charge is -2.31. The lowest BCUT2D eigenvalue weighted by molar-refractivity contribution is 0.115. The van der Waals surface area contributed by atoms with Crippen LogP contribution in [-0.4, -0.2) is 41.8 Å². The summed E-state index contributed by atoms with van der Waals surface area (Å²) in [6.45, 7) is 4.97. The van der Waals surface area contributed by atoms with E-state index in [-0.39, 0.29) is 6.61 Å². The molecule has 5 heteroatoms. The highest BCUT2D eigenvalue weighted by Gasteiger charge is 2.22. The van der Waals surface area contributed by atoms with E-state index in [2.05, 4.69) is 17.0 Å². The lowest BCUT2D eigenvalue weighted by atomic mass is 9.99. The van der Waals surface area contributed by atoms with Crippen LogP contribution in [0, 0.1) is 12.8 Å². The summed E-state index contributed by atoms with van der Waals surface area (Å²) in [5.41, 5.74) is 1.95. The number of aliphatic hydroxyl groups is 1. The van der Waals surface area contributed by atoms with Gasteiger partial charge in [0.15, 0.2) is 0 Å². The number of benzene rings is 2. The number of aliphatic hydroxyl groups excluding tert-OH is 1. The van der Waals surface area contributed by atoms with Gasteiger partial charge in [0.25, 0.3) is 0 Å². The second-order valence-electron chi connectivity index (χ2n) is 7.31. The van der Waals surface area contributed by atoms with Crippen molar-refractivity contribution in [1.29, 1.82) is 0 Å². The zero-order valence-corrected chi connectivity index (χ0v) is 15.9. The number of hydrogen-bond donors (Lipinski definition) is 1. The normalized spacial score (nSPS) is 18.1. The van der Waals surface area contributed by atoms with Gasteiger partial charge in [0.05, 0.1) is 12.8 Å². The fourth-order valence-corrected chi connectivity index (χ4v) is 3.98. The maximum atomic E-state index is 9.45. The lowest BCUT2D eigenvalue weighted by Crippen LogP contribution is -2.36. The van der Waals surface area contributed by atoms with E-state index in [9.17, 15) is 5.11 Å². The van der Waals surface area contributed by atoms with Crippen molar-refractivity contribution in [3.8, 4) is 17.2 Å². The Morgan fingerprint density at radius 2 is 2.04 bits per heavy atom. The van der Waals surface area contributed by atoms with Crippen molar-refractivity contribution < 1.29 is 14.3 Å². The van der Waals surface area contributed by atoms with Gasteiger partial charge in [0.1, 0.15) is 11.5 Å². The van der Waals surface area contributed by atoms with Crippen LogP contribution in [0.15, 0.2) is 40.8 Å². The molecule has 0 aliphatic carbocycles. The molecule has 3 aromatic rings. The predicted octanol–water partition coefficient (Wildman–Crippen LogP) is 4.02. The van der Waals surface area contributed by atoms with Crippen molar-refractivity contribution in [3.05, 3.63) is 47.9 Å². The number of oxazole rings is 1. The number of aromatic nitrogens is 1. The molecule has 0 spiro atoms. The summed E-state index contributed by atoms with van der Waals surface area (Å²) >= 11 is 0. The summed E-state index contributed by atoms with van der Waals surface area (Å²) in [4.78, 5) is 7.19. The molecule has 0 radical (unpaired) electrons. The van der Waals surface area contributed by atoms with Crippen LogP contribution in [0.25, 0.3) is 22.2 Å². The van der Waals surface area contributed by atoms with Gasteiger partial charge < -0.3 is 14.3 Å². The Bertz CT molecular complexity index is 934. The molecular formula is C22H26N2O3. The van der Waals surface area contributed by atoms with Crippen LogP contribution in [0.2, 0.25) is 0 Å². The maximum absolute atomic E-state index is 9.45. The van der Waals surface area contributed by atoms with Gasteiger partial charge in [-0.1, -0.05) is 24.3 Å². The van der Waals surface area contributed by atoms with Gasteiger partial charge >= 0.3 is 0 Å². The van der Waals surface area contributed by atoms with Crippen molar-refractivity contribution in [2.75, 3.05) is 26.8 Å². The number of fused-ring (bicyclic) bond motifs is 1. The number of rotatable bonds is 5. The van der Waals surface area contributed by atoms with Crippen LogP contribution in [0.4, 0.5) is 0 Å². The summed E-state index contributed by atoms with van der Waals surface area (Å²) in [6.07, 6.45) is 2.23. The van der Waals surface area contributed by atoms with Gasteiger partial charge in [0, 0.05) is 30.6 Å².